The van der Waals surface area contributed by atoms with Gasteiger partial charge in [0, 0.05) is 32.6 Å². The van der Waals surface area contributed by atoms with E-state index in [4.69, 9.17) is 4.74 Å². The van der Waals surface area contributed by atoms with Crippen LogP contribution in [0, 0.1) is 11.8 Å². The van der Waals surface area contributed by atoms with E-state index in [0.717, 1.165) is 44.9 Å². The Morgan fingerprint density at radius 1 is 1.09 bits per heavy atom. The largest absolute Gasteiger partial charge is 0.497 e. The Morgan fingerprint density at radius 3 is 2.35 bits per heavy atom. The summed E-state index contributed by atoms with van der Waals surface area (Å²) in [5.74, 6) is 7.83. The standard InChI is InChI=1S/C20H30N2O/c1-4-6-7-8-9-20(18-10-12-19(23-3)13-11-18)22-16-14-21(5-2)15-17-22/h10-13,20H,4-7,14-17H2,1-3H3. The molecule has 1 unspecified atom stereocenters. The van der Waals surface area contributed by atoms with Gasteiger partial charge in [0.2, 0.25) is 0 Å². The summed E-state index contributed by atoms with van der Waals surface area (Å²) in [6, 6.07) is 8.60. The average molecular weight is 314 g/mol. The van der Waals surface area contributed by atoms with Crippen LogP contribution in [0.25, 0.3) is 0 Å². The van der Waals surface area contributed by atoms with Gasteiger partial charge < -0.3 is 9.64 Å². The Hall–Kier alpha value is -1.50. The van der Waals surface area contributed by atoms with Crippen molar-refractivity contribution in [1.29, 1.82) is 0 Å². The maximum Gasteiger partial charge on any atom is 0.118 e. The summed E-state index contributed by atoms with van der Waals surface area (Å²) in [7, 11) is 1.71. The Labute approximate surface area is 141 Å². The van der Waals surface area contributed by atoms with Crippen LogP contribution in [0.2, 0.25) is 0 Å². The summed E-state index contributed by atoms with van der Waals surface area (Å²) in [4.78, 5) is 5.03. The molecule has 1 saturated heterocycles. The van der Waals surface area contributed by atoms with Crippen LogP contribution < -0.4 is 4.74 Å². The van der Waals surface area contributed by atoms with E-state index >= 15 is 0 Å². The van der Waals surface area contributed by atoms with Gasteiger partial charge in [-0.3, -0.25) is 4.90 Å². The predicted molar refractivity (Wildman–Crippen MR) is 96.7 cm³/mol. The van der Waals surface area contributed by atoms with Crippen molar-refractivity contribution in [3.05, 3.63) is 29.8 Å². The van der Waals surface area contributed by atoms with Crippen LogP contribution in [-0.4, -0.2) is 49.6 Å². The van der Waals surface area contributed by atoms with Gasteiger partial charge in [-0.05, 0) is 30.7 Å². The van der Waals surface area contributed by atoms with Crippen LogP contribution in [-0.2, 0) is 0 Å². The Morgan fingerprint density at radius 2 is 1.78 bits per heavy atom. The number of rotatable bonds is 6. The molecule has 1 atom stereocenters. The zero-order chi connectivity index (χ0) is 16.5. The molecule has 1 fully saturated rings. The number of methoxy groups -OCH3 is 1. The third-order valence-corrected chi connectivity index (χ3v) is 4.54. The van der Waals surface area contributed by atoms with E-state index in [2.05, 4.69) is 47.6 Å². The number of hydrogen-bond acceptors (Lipinski definition) is 3. The van der Waals surface area contributed by atoms with E-state index in [1.807, 2.05) is 12.1 Å². The van der Waals surface area contributed by atoms with Gasteiger partial charge in [-0.1, -0.05) is 38.3 Å². The molecule has 0 amide bonds. The fraction of sp³-hybridized carbons (Fsp3) is 0.600. The Balaban J connectivity index is 2.11. The molecule has 2 rings (SSSR count). The molecule has 1 heterocycles. The first-order valence-electron chi connectivity index (χ1n) is 8.87. The van der Waals surface area contributed by atoms with Gasteiger partial charge in [0.15, 0.2) is 0 Å². The number of benzene rings is 1. The fourth-order valence-corrected chi connectivity index (χ4v) is 2.94. The molecule has 0 bridgehead atoms. The maximum atomic E-state index is 5.28. The molecule has 1 aliphatic heterocycles. The molecule has 0 saturated carbocycles. The summed E-state index contributed by atoms with van der Waals surface area (Å²) in [5.41, 5.74) is 1.28. The molecule has 1 aliphatic rings. The van der Waals surface area contributed by atoms with Crippen molar-refractivity contribution in [2.45, 2.75) is 39.2 Å². The highest BCUT2D eigenvalue weighted by molar-refractivity contribution is 5.33. The molecule has 1 aromatic carbocycles. The first-order valence-corrected chi connectivity index (χ1v) is 8.87. The van der Waals surface area contributed by atoms with Gasteiger partial charge in [-0.2, -0.15) is 0 Å². The van der Waals surface area contributed by atoms with Gasteiger partial charge in [0.1, 0.15) is 5.75 Å². The number of likely N-dealkylation sites (N-methyl/N-ethyl adjacent to an activating group) is 1. The quantitative estimate of drug-likeness (QED) is 0.590. The third kappa shape index (κ3) is 5.27. The molecule has 0 aromatic heterocycles. The van der Waals surface area contributed by atoms with Gasteiger partial charge >= 0.3 is 0 Å². The van der Waals surface area contributed by atoms with Gasteiger partial charge in [-0.15, -0.1) is 5.92 Å². The van der Waals surface area contributed by atoms with Gasteiger partial charge in [-0.25, -0.2) is 0 Å². The fourth-order valence-electron chi connectivity index (χ4n) is 2.94. The Kier molecular flexibility index (Phi) is 7.45. The zero-order valence-electron chi connectivity index (χ0n) is 14.8. The van der Waals surface area contributed by atoms with Crippen molar-refractivity contribution in [1.82, 2.24) is 9.80 Å². The van der Waals surface area contributed by atoms with E-state index < -0.39 is 0 Å². The number of unbranched alkanes of at least 4 members (excludes halogenated alkanes) is 2. The predicted octanol–water partition coefficient (Wildman–Crippen LogP) is 3.57. The maximum absolute atomic E-state index is 5.28. The SMILES string of the molecule is CCCCC#CC(c1ccc(OC)cc1)N1CCN(CC)CC1. The lowest BCUT2D eigenvalue weighted by molar-refractivity contribution is 0.119. The highest BCUT2D eigenvalue weighted by Crippen LogP contribution is 2.24. The van der Waals surface area contributed by atoms with Crippen molar-refractivity contribution < 1.29 is 4.74 Å². The number of nitrogens with zero attached hydrogens (tertiary/aromatic N) is 2. The smallest absolute Gasteiger partial charge is 0.118 e. The van der Waals surface area contributed by atoms with Crippen LogP contribution in [0.3, 0.4) is 0 Å². The van der Waals surface area contributed by atoms with Gasteiger partial charge in [0.25, 0.3) is 0 Å². The second-order valence-corrected chi connectivity index (χ2v) is 6.07. The van der Waals surface area contributed by atoms with E-state index in [9.17, 15) is 0 Å². The number of ether oxygens (including phenoxy) is 1. The minimum atomic E-state index is 0.205. The second-order valence-electron chi connectivity index (χ2n) is 6.07. The summed E-state index contributed by atoms with van der Waals surface area (Å²) in [6.45, 7) is 10.1. The molecular formula is C20H30N2O. The third-order valence-electron chi connectivity index (χ3n) is 4.54. The summed E-state index contributed by atoms with van der Waals surface area (Å²) in [6.07, 6.45) is 3.39. The second kappa shape index (κ2) is 9.60. The first kappa shape index (κ1) is 17.8. The van der Waals surface area contributed by atoms with E-state index in [-0.39, 0.29) is 6.04 Å². The molecular weight excluding hydrogens is 284 g/mol. The molecule has 0 aliphatic carbocycles. The van der Waals surface area contributed by atoms with Crippen LogP contribution >= 0.6 is 0 Å². The van der Waals surface area contributed by atoms with E-state index in [1.165, 1.54) is 18.4 Å². The van der Waals surface area contributed by atoms with Gasteiger partial charge in [0.05, 0.1) is 13.2 Å². The van der Waals surface area contributed by atoms with E-state index in [1.54, 1.807) is 7.11 Å². The first-order chi connectivity index (χ1) is 11.3. The number of hydrogen-bond donors (Lipinski definition) is 0. The number of piperazine rings is 1. The summed E-state index contributed by atoms with van der Waals surface area (Å²) in [5, 5.41) is 0. The van der Waals surface area contributed by atoms with Crippen LogP contribution in [0.5, 0.6) is 5.75 Å². The topological polar surface area (TPSA) is 15.7 Å². The van der Waals surface area contributed by atoms with Crippen molar-refractivity contribution in [3.8, 4) is 17.6 Å². The molecule has 0 N–H and O–H groups in total. The average Bonchev–Trinajstić information content (AvgIpc) is 2.62. The van der Waals surface area contributed by atoms with Crippen molar-refractivity contribution in [2.24, 2.45) is 0 Å². The van der Waals surface area contributed by atoms with E-state index in [0.29, 0.717) is 0 Å². The normalized spacial score (nSPS) is 17.3. The zero-order valence-corrected chi connectivity index (χ0v) is 14.8. The molecule has 126 valence electrons. The molecule has 3 heteroatoms. The molecule has 3 nitrogen and oxygen atoms in total. The summed E-state index contributed by atoms with van der Waals surface area (Å²) < 4.78 is 5.28. The van der Waals surface area contributed by atoms with Crippen molar-refractivity contribution in [3.63, 3.8) is 0 Å². The highest BCUT2D eigenvalue weighted by Gasteiger charge is 2.23. The molecule has 0 spiro atoms. The van der Waals surface area contributed by atoms with Crippen LogP contribution in [0.15, 0.2) is 24.3 Å². The van der Waals surface area contributed by atoms with Crippen LogP contribution in [0.1, 0.15) is 44.7 Å². The highest BCUT2D eigenvalue weighted by atomic mass is 16.5. The lowest BCUT2D eigenvalue weighted by Gasteiger charge is -2.37. The minimum Gasteiger partial charge on any atom is -0.497 e. The Bertz CT molecular complexity index is 507. The molecule has 1 aromatic rings. The molecule has 0 radical (unpaired) electrons. The summed E-state index contributed by atoms with van der Waals surface area (Å²) >= 11 is 0. The monoisotopic (exact) mass is 314 g/mol. The van der Waals surface area contributed by atoms with Crippen molar-refractivity contribution >= 4 is 0 Å². The lowest BCUT2D eigenvalue weighted by atomic mass is 10.0. The minimum absolute atomic E-state index is 0.205. The molecule has 23 heavy (non-hydrogen) atoms. The van der Waals surface area contributed by atoms with Crippen molar-refractivity contribution in [2.75, 3.05) is 39.8 Å². The lowest BCUT2D eigenvalue weighted by Crippen LogP contribution is -2.47. The van der Waals surface area contributed by atoms with Crippen LogP contribution in [0.4, 0.5) is 0 Å².